The quantitative estimate of drug-likeness (QED) is 0.0371. The van der Waals surface area contributed by atoms with Crippen LogP contribution in [0.25, 0.3) is 0 Å². The third-order valence-corrected chi connectivity index (χ3v) is 10.7. The van der Waals surface area contributed by atoms with Crippen molar-refractivity contribution < 1.29 is 36.5 Å². The predicted molar refractivity (Wildman–Crippen MR) is 201 cm³/mol. The normalized spacial score (nSPS) is 15.9. The summed E-state index contributed by atoms with van der Waals surface area (Å²) in [5.74, 6) is 0.342. The third kappa shape index (κ3) is 23.6. The lowest BCUT2D eigenvalue weighted by Crippen LogP contribution is -2.29. The van der Waals surface area contributed by atoms with Crippen LogP contribution in [0.2, 0.25) is 0 Å². The van der Waals surface area contributed by atoms with Crippen molar-refractivity contribution in [2.75, 3.05) is 26.4 Å². The first-order chi connectivity index (χ1) is 24.3. The molecule has 1 aliphatic rings. The molecule has 2 heterocycles. The molecule has 0 radical (unpaired) electrons. The Hall–Kier alpha value is -1.85. The number of carbonyl (C=O) groups excluding carboxylic acids is 1. The molecule has 3 rings (SSSR count). The average molecular weight is 738 g/mol. The molecular formula is C40H67NO7S2. The summed E-state index contributed by atoms with van der Waals surface area (Å²) >= 11 is 1.71. The molecule has 0 saturated carbocycles. The minimum absolute atomic E-state index is 0.0353. The van der Waals surface area contributed by atoms with E-state index in [0.717, 1.165) is 57.6 Å². The number of rotatable bonds is 28. The first-order valence-electron chi connectivity index (χ1n) is 19.6. The van der Waals surface area contributed by atoms with Crippen LogP contribution in [-0.4, -0.2) is 51.5 Å². The van der Waals surface area contributed by atoms with Crippen LogP contribution >= 0.6 is 11.3 Å². The Labute approximate surface area is 308 Å². The summed E-state index contributed by atoms with van der Waals surface area (Å²) in [6.45, 7) is 7.88. The van der Waals surface area contributed by atoms with Gasteiger partial charge in [0.2, 0.25) is 5.51 Å². The molecule has 0 aliphatic carbocycles. The van der Waals surface area contributed by atoms with Crippen LogP contribution in [0.3, 0.4) is 0 Å². The molecule has 1 saturated heterocycles. The zero-order chi connectivity index (χ0) is 36.1. The number of carbonyl (C=O) groups is 1. The number of thiazole rings is 1. The molecule has 1 fully saturated rings. The molecule has 2 aromatic rings. The van der Waals surface area contributed by atoms with Gasteiger partial charge in [0, 0.05) is 25.4 Å². The molecule has 0 spiro atoms. The summed E-state index contributed by atoms with van der Waals surface area (Å²) in [6, 6.07) is 5.78. The van der Waals surface area contributed by atoms with Crippen LogP contribution in [0, 0.1) is 12.8 Å². The maximum atomic E-state index is 12.0. The highest BCUT2D eigenvalue weighted by atomic mass is 32.2. The number of nitrogens with zero attached hydrogens (tertiary/aromatic N) is 1. The van der Waals surface area contributed by atoms with E-state index in [1.165, 1.54) is 115 Å². The van der Waals surface area contributed by atoms with Gasteiger partial charge >= 0.3 is 5.97 Å². The average Bonchev–Trinajstić information content (AvgIpc) is 3.79. The van der Waals surface area contributed by atoms with Crippen molar-refractivity contribution in [3.05, 3.63) is 46.9 Å². The van der Waals surface area contributed by atoms with Crippen LogP contribution in [-0.2, 0) is 35.7 Å². The topological polar surface area (TPSA) is 106 Å². The van der Waals surface area contributed by atoms with E-state index in [1.54, 1.807) is 23.5 Å². The summed E-state index contributed by atoms with van der Waals surface area (Å²) in [4.78, 5) is 11.8. The fraction of sp³-hybridized carbons (Fsp3) is 0.750. The van der Waals surface area contributed by atoms with Crippen LogP contribution < -0.4 is 4.57 Å². The minimum atomic E-state index is -4.27. The molecule has 0 N–H and O–H groups in total. The molecule has 2 unspecified atom stereocenters. The lowest BCUT2D eigenvalue weighted by molar-refractivity contribution is -0.692. The Bertz CT molecular complexity index is 1190. The Morgan fingerprint density at radius 1 is 0.840 bits per heavy atom. The van der Waals surface area contributed by atoms with Crippen LogP contribution in [0.1, 0.15) is 147 Å². The van der Waals surface area contributed by atoms with Gasteiger partial charge in [-0.15, -0.1) is 0 Å². The van der Waals surface area contributed by atoms with E-state index in [9.17, 15) is 17.8 Å². The van der Waals surface area contributed by atoms with E-state index in [-0.39, 0.29) is 17.0 Å². The van der Waals surface area contributed by atoms with Crippen molar-refractivity contribution in [2.45, 2.75) is 166 Å². The molecular weight excluding hydrogens is 671 g/mol. The summed E-state index contributed by atoms with van der Waals surface area (Å²) in [6.07, 6.45) is 28.9. The number of hydrogen-bond acceptors (Lipinski definition) is 8. The molecule has 50 heavy (non-hydrogen) atoms. The van der Waals surface area contributed by atoms with E-state index in [0.29, 0.717) is 18.9 Å². The highest BCUT2D eigenvalue weighted by Gasteiger charge is 2.26. The molecule has 1 aromatic carbocycles. The van der Waals surface area contributed by atoms with E-state index in [2.05, 4.69) is 28.6 Å². The molecule has 1 aromatic heterocycles. The van der Waals surface area contributed by atoms with Crippen molar-refractivity contribution in [3.8, 4) is 0 Å². The Balaban J connectivity index is 0.000000666. The third-order valence-electron chi connectivity index (χ3n) is 9.22. The number of hydrogen-bond donors (Lipinski definition) is 0. The summed E-state index contributed by atoms with van der Waals surface area (Å²) in [5.41, 5.74) is 3.05. The van der Waals surface area contributed by atoms with Gasteiger partial charge < -0.3 is 18.8 Å². The molecule has 10 heteroatoms. The maximum absolute atomic E-state index is 12.0. The van der Waals surface area contributed by atoms with Crippen LogP contribution in [0.5, 0.6) is 0 Å². The van der Waals surface area contributed by atoms with Gasteiger partial charge in [-0.05, 0) is 44.7 Å². The highest BCUT2D eigenvalue weighted by Crippen LogP contribution is 2.21. The van der Waals surface area contributed by atoms with Gasteiger partial charge in [-0.3, -0.25) is 4.79 Å². The standard InChI is InChI=1S/C33H60NO4S.C7H8O3S/c1-2-3-4-5-6-7-8-9-10-11-12-13-14-15-16-20-24-36-27-31-26-32(37-28-31)29-38-33(35)21-18-17-19-22-34-23-25-39-30-34;1-6-2-4-7(5-3-6)11(8,9)10/h23,25,30-32H,2-22,24,26-29H2,1H3;2-5H,1H3,(H,8,9,10)/q+1;/p-1. The van der Waals surface area contributed by atoms with E-state index in [4.69, 9.17) is 14.2 Å². The largest absolute Gasteiger partial charge is 0.744 e. The molecule has 8 nitrogen and oxygen atoms in total. The molecule has 0 amide bonds. The molecule has 2 atom stereocenters. The highest BCUT2D eigenvalue weighted by molar-refractivity contribution is 7.85. The Morgan fingerprint density at radius 2 is 1.42 bits per heavy atom. The number of benzene rings is 1. The number of unbranched alkanes of at least 4 members (excludes halogenated alkanes) is 17. The number of aromatic nitrogens is 1. The lowest BCUT2D eigenvalue weighted by atomic mass is 10.0. The lowest BCUT2D eigenvalue weighted by Gasteiger charge is -2.11. The summed E-state index contributed by atoms with van der Waals surface area (Å²) in [7, 11) is -4.27. The maximum Gasteiger partial charge on any atom is 0.305 e. The molecule has 1 aliphatic heterocycles. The Morgan fingerprint density at radius 3 is 1.98 bits per heavy atom. The zero-order valence-corrected chi connectivity index (χ0v) is 32.8. The SMILES string of the molecule is CCCCCCCCCCCCCCCCCCOCC1COC(COC(=O)CCCCC[n+]2ccsc2)C1.Cc1ccc(S(=O)(=O)[O-])cc1. The second kappa shape index (κ2) is 28.7. The summed E-state index contributed by atoms with van der Waals surface area (Å²) in [5, 5.41) is 2.08. The van der Waals surface area contributed by atoms with Crippen molar-refractivity contribution in [2.24, 2.45) is 5.92 Å². The first kappa shape index (κ1) is 44.3. The van der Waals surface area contributed by atoms with Crippen molar-refractivity contribution in [1.29, 1.82) is 0 Å². The van der Waals surface area contributed by atoms with Crippen LogP contribution in [0.4, 0.5) is 0 Å². The van der Waals surface area contributed by atoms with Crippen molar-refractivity contribution in [1.82, 2.24) is 0 Å². The van der Waals surface area contributed by atoms with Crippen LogP contribution in [0.15, 0.2) is 46.2 Å². The van der Waals surface area contributed by atoms with E-state index < -0.39 is 10.1 Å². The molecule has 0 bridgehead atoms. The van der Waals surface area contributed by atoms with Gasteiger partial charge in [0.15, 0.2) is 6.20 Å². The van der Waals surface area contributed by atoms with Gasteiger partial charge in [-0.1, -0.05) is 132 Å². The van der Waals surface area contributed by atoms with Crippen molar-refractivity contribution in [3.63, 3.8) is 0 Å². The monoisotopic (exact) mass is 737 g/mol. The zero-order valence-electron chi connectivity index (χ0n) is 31.2. The van der Waals surface area contributed by atoms with Gasteiger partial charge in [0.1, 0.15) is 23.3 Å². The second-order valence-corrected chi connectivity index (χ2v) is 16.1. The van der Waals surface area contributed by atoms with Crippen molar-refractivity contribution >= 4 is 27.4 Å². The van der Waals surface area contributed by atoms with Gasteiger partial charge in [-0.2, -0.15) is 4.57 Å². The fourth-order valence-electron chi connectivity index (χ4n) is 6.11. The summed E-state index contributed by atoms with van der Waals surface area (Å²) < 4.78 is 50.6. The molecule has 286 valence electrons. The fourth-order valence-corrected chi connectivity index (χ4v) is 7.21. The number of esters is 1. The second-order valence-electron chi connectivity index (χ2n) is 14.0. The van der Waals surface area contributed by atoms with Gasteiger partial charge in [-0.25, -0.2) is 8.42 Å². The number of ether oxygens (including phenoxy) is 3. The van der Waals surface area contributed by atoms with E-state index in [1.807, 2.05) is 6.92 Å². The smallest absolute Gasteiger partial charge is 0.305 e. The predicted octanol–water partition coefficient (Wildman–Crippen LogP) is 9.72. The van der Waals surface area contributed by atoms with E-state index >= 15 is 0 Å². The Kier molecular flexibility index (Phi) is 25.4. The van der Waals surface area contributed by atoms with Gasteiger partial charge in [0.25, 0.3) is 0 Å². The van der Waals surface area contributed by atoms with Gasteiger partial charge in [0.05, 0.1) is 29.6 Å². The minimum Gasteiger partial charge on any atom is -0.744 e. The first-order valence-corrected chi connectivity index (χ1v) is 21.9. The number of aryl methyl sites for hydroxylation is 2.